The van der Waals surface area contributed by atoms with Gasteiger partial charge in [0, 0.05) is 10.1 Å². The number of carbonyl (C=O) groups excluding carboxylic acids is 1. The molecule has 0 radical (unpaired) electrons. The topological polar surface area (TPSA) is 29.1 Å². The van der Waals surface area contributed by atoms with Gasteiger partial charge in [-0.2, -0.15) is 0 Å². The van der Waals surface area contributed by atoms with E-state index in [1.807, 2.05) is 22.6 Å². The SMILES string of the molecule is O=C(NCCCCCI)c1ccc(F)cc1I. The van der Waals surface area contributed by atoms with Gasteiger partial charge in [0.2, 0.25) is 0 Å². The zero-order valence-corrected chi connectivity index (χ0v) is 13.6. The second kappa shape index (κ2) is 8.23. The Kier molecular flexibility index (Phi) is 7.33. The quantitative estimate of drug-likeness (QED) is 0.391. The van der Waals surface area contributed by atoms with Crippen LogP contribution >= 0.6 is 45.2 Å². The van der Waals surface area contributed by atoms with Crippen LogP contribution in [0, 0.1) is 9.39 Å². The number of halogens is 3. The first kappa shape index (κ1) is 15.1. The molecule has 1 aromatic carbocycles. The number of benzene rings is 1. The van der Waals surface area contributed by atoms with Crippen molar-refractivity contribution in [2.75, 3.05) is 11.0 Å². The van der Waals surface area contributed by atoms with E-state index in [0.717, 1.165) is 17.3 Å². The average Bonchev–Trinajstić information content (AvgIpc) is 2.28. The van der Waals surface area contributed by atoms with Gasteiger partial charge < -0.3 is 5.32 Å². The first-order chi connectivity index (χ1) is 8.15. The molecule has 2 nitrogen and oxygen atoms in total. The molecular formula is C12H14FI2NO. The summed E-state index contributed by atoms with van der Waals surface area (Å²) in [5.41, 5.74) is 0.542. The van der Waals surface area contributed by atoms with Gasteiger partial charge >= 0.3 is 0 Å². The van der Waals surface area contributed by atoms with Crippen molar-refractivity contribution in [3.05, 3.63) is 33.1 Å². The Morgan fingerprint density at radius 2 is 2.06 bits per heavy atom. The van der Waals surface area contributed by atoms with Gasteiger partial charge in [-0.15, -0.1) is 0 Å². The summed E-state index contributed by atoms with van der Waals surface area (Å²) in [7, 11) is 0. The third-order valence-electron chi connectivity index (χ3n) is 2.27. The molecule has 5 heteroatoms. The minimum absolute atomic E-state index is 0.121. The Morgan fingerprint density at radius 3 is 2.71 bits per heavy atom. The van der Waals surface area contributed by atoms with Crippen molar-refractivity contribution in [3.8, 4) is 0 Å². The second-order valence-corrected chi connectivity index (χ2v) is 5.87. The molecule has 0 aliphatic heterocycles. The molecule has 1 N–H and O–H groups in total. The van der Waals surface area contributed by atoms with E-state index in [0.29, 0.717) is 15.7 Å². The van der Waals surface area contributed by atoms with Crippen molar-refractivity contribution in [3.63, 3.8) is 0 Å². The van der Waals surface area contributed by atoms with Crippen LogP contribution in [0.1, 0.15) is 29.6 Å². The van der Waals surface area contributed by atoms with Gasteiger partial charge in [-0.1, -0.05) is 29.0 Å². The van der Waals surface area contributed by atoms with Gasteiger partial charge in [0.1, 0.15) is 5.82 Å². The van der Waals surface area contributed by atoms with E-state index in [9.17, 15) is 9.18 Å². The Labute approximate surface area is 128 Å². The molecule has 94 valence electrons. The van der Waals surface area contributed by atoms with Crippen LogP contribution in [0.2, 0.25) is 0 Å². The van der Waals surface area contributed by atoms with Crippen LogP contribution in [0.15, 0.2) is 18.2 Å². The summed E-state index contributed by atoms with van der Waals surface area (Å²) in [5.74, 6) is -0.433. The molecule has 0 aromatic heterocycles. The summed E-state index contributed by atoms with van der Waals surface area (Å²) in [6.45, 7) is 0.683. The zero-order chi connectivity index (χ0) is 12.7. The number of amides is 1. The molecule has 1 rings (SSSR count). The normalized spacial score (nSPS) is 10.3. The first-order valence-corrected chi connectivity index (χ1v) is 8.05. The molecule has 0 bridgehead atoms. The molecule has 1 amide bonds. The Bertz CT molecular complexity index is 385. The van der Waals surface area contributed by atoms with E-state index in [-0.39, 0.29) is 11.7 Å². The number of unbranched alkanes of at least 4 members (excludes halogenated alkanes) is 2. The number of nitrogens with one attached hydrogen (secondary N) is 1. The fraction of sp³-hybridized carbons (Fsp3) is 0.417. The second-order valence-electron chi connectivity index (χ2n) is 3.63. The van der Waals surface area contributed by atoms with Gasteiger partial charge in [-0.25, -0.2) is 4.39 Å². The van der Waals surface area contributed by atoms with Crippen LogP contribution in [0.3, 0.4) is 0 Å². The number of alkyl halides is 1. The maximum Gasteiger partial charge on any atom is 0.252 e. The first-order valence-electron chi connectivity index (χ1n) is 5.44. The molecule has 0 unspecified atom stereocenters. The molecule has 0 heterocycles. The lowest BCUT2D eigenvalue weighted by Crippen LogP contribution is -2.25. The molecule has 0 atom stereocenters. The Hall–Kier alpha value is 0.0800. The van der Waals surface area contributed by atoms with Crippen LogP contribution < -0.4 is 5.32 Å². The monoisotopic (exact) mass is 461 g/mol. The lowest BCUT2D eigenvalue weighted by Gasteiger charge is -2.06. The highest BCUT2D eigenvalue weighted by Gasteiger charge is 2.09. The van der Waals surface area contributed by atoms with Crippen molar-refractivity contribution < 1.29 is 9.18 Å². The van der Waals surface area contributed by atoms with Crippen LogP contribution in [0.25, 0.3) is 0 Å². The van der Waals surface area contributed by atoms with Crippen molar-refractivity contribution in [2.45, 2.75) is 19.3 Å². The fourth-order valence-electron chi connectivity index (χ4n) is 1.37. The van der Waals surface area contributed by atoms with E-state index in [4.69, 9.17) is 0 Å². The van der Waals surface area contributed by atoms with Gasteiger partial charge in [-0.05, 0) is 58.1 Å². The molecule has 0 saturated heterocycles. The highest BCUT2D eigenvalue weighted by atomic mass is 127. The molecule has 0 aliphatic rings. The van der Waals surface area contributed by atoms with Crippen molar-refractivity contribution in [1.29, 1.82) is 0 Å². The number of carbonyl (C=O) groups is 1. The third-order valence-corrected chi connectivity index (χ3v) is 3.93. The Balaban J connectivity index is 2.42. The third kappa shape index (κ3) is 5.50. The minimum Gasteiger partial charge on any atom is -0.352 e. The molecule has 1 aromatic rings. The van der Waals surface area contributed by atoms with Crippen molar-refractivity contribution in [2.24, 2.45) is 0 Å². The van der Waals surface area contributed by atoms with Gasteiger partial charge in [-0.3, -0.25) is 4.79 Å². The molecule has 0 saturated carbocycles. The van der Waals surface area contributed by atoms with E-state index < -0.39 is 0 Å². The van der Waals surface area contributed by atoms with Crippen LogP contribution in [-0.4, -0.2) is 16.9 Å². The molecule has 17 heavy (non-hydrogen) atoms. The predicted octanol–water partition coefficient (Wildman–Crippen LogP) is 3.77. The smallest absolute Gasteiger partial charge is 0.252 e. The number of hydrogen-bond acceptors (Lipinski definition) is 1. The molecule has 0 fully saturated rings. The molecular weight excluding hydrogens is 447 g/mol. The summed E-state index contributed by atoms with van der Waals surface area (Å²) in [6, 6.07) is 4.20. The van der Waals surface area contributed by atoms with Gasteiger partial charge in [0.25, 0.3) is 5.91 Å². The van der Waals surface area contributed by atoms with Crippen LogP contribution in [0.5, 0.6) is 0 Å². The predicted molar refractivity (Wildman–Crippen MR) is 84.2 cm³/mol. The van der Waals surface area contributed by atoms with E-state index in [2.05, 4.69) is 27.9 Å². The standard InChI is InChI=1S/C12H14FI2NO/c13-9-4-5-10(11(15)8-9)12(17)16-7-3-1-2-6-14/h4-5,8H,1-3,6-7H2,(H,16,17). The molecule has 0 spiro atoms. The minimum atomic E-state index is -0.312. The Morgan fingerprint density at radius 1 is 1.29 bits per heavy atom. The maximum absolute atomic E-state index is 12.9. The lowest BCUT2D eigenvalue weighted by molar-refractivity contribution is 0.0952. The summed E-state index contributed by atoms with van der Waals surface area (Å²) in [4.78, 5) is 11.8. The van der Waals surface area contributed by atoms with Crippen molar-refractivity contribution >= 4 is 51.1 Å². The summed E-state index contributed by atoms with van der Waals surface area (Å²) in [6.07, 6.45) is 3.31. The average molecular weight is 461 g/mol. The molecule has 0 aliphatic carbocycles. The van der Waals surface area contributed by atoms with E-state index >= 15 is 0 Å². The van der Waals surface area contributed by atoms with Crippen LogP contribution in [-0.2, 0) is 0 Å². The van der Waals surface area contributed by atoms with Crippen LogP contribution in [0.4, 0.5) is 4.39 Å². The van der Waals surface area contributed by atoms with Gasteiger partial charge in [0.15, 0.2) is 0 Å². The summed E-state index contributed by atoms with van der Waals surface area (Å²) < 4.78 is 14.7. The number of hydrogen-bond donors (Lipinski definition) is 1. The lowest BCUT2D eigenvalue weighted by atomic mass is 10.2. The van der Waals surface area contributed by atoms with Crippen molar-refractivity contribution in [1.82, 2.24) is 5.32 Å². The largest absolute Gasteiger partial charge is 0.352 e. The van der Waals surface area contributed by atoms with E-state index in [1.165, 1.54) is 24.6 Å². The fourth-order valence-corrected chi connectivity index (χ4v) is 2.63. The summed E-state index contributed by atoms with van der Waals surface area (Å²) >= 11 is 4.32. The summed E-state index contributed by atoms with van der Waals surface area (Å²) in [5, 5.41) is 2.85. The maximum atomic E-state index is 12.9. The zero-order valence-electron chi connectivity index (χ0n) is 9.31. The highest BCUT2D eigenvalue weighted by molar-refractivity contribution is 14.1. The number of rotatable bonds is 6. The van der Waals surface area contributed by atoms with E-state index in [1.54, 1.807) is 0 Å². The van der Waals surface area contributed by atoms with Gasteiger partial charge in [0.05, 0.1) is 5.56 Å². The highest BCUT2D eigenvalue weighted by Crippen LogP contribution is 2.13.